The van der Waals surface area contributed by atoms with E-state index in [2.05, 4.69) is 10.6 Å². The Bertz CT molecular complexity index is 123. The third-order valence-corrected chi connectivity index (χ3v) is 1.56. The summed E-state index contributed by atoms with van der Waals surface area (Å²) >= 11 is 0. The van der Waals surface area contributed by atoms with Crippen LogP contribution in [0.25, 0.3) is 0 Å². The van der Waals surface area contributed by atoms with Gasteiger partial charge in [0, 0.05) is 19.6 Å². The van der Waals surface area contributed by atoms with Crippen molar-refractivity contribution in [1.82, 2.24) is 10.6 Å². The van der Waals surface area contributed by atoms with Gasteiger partial charge in [-0.2, -0.15) is 0 Å². The lowest BCUT2D eigenvalue weighted by Crippen LogP contribution is -2.51. The van der Waals surface area contributed by atoms with Crippen molar-refractivity contribution in [1.29, 1.82) is 0 Å². The highest BCUT2D eigenvalue weighted by atomic mass is 16.3. The van der Waals surface area contributed by atoms with Gasteiger partial charge in [-0.3, -0.25) is 4.79 Å². The van der Waals surface area contributed by atoms with Crippen molar-refractivity contribution in [3.05, 3.63) is 0 Å². The number of aliphatic hydroxyl groups is 1. The van der Waals surface area contributed by atoms with Crippen molar-refractivity contribution in [2.45, 2.75) is 0 Å². The molecule has 1 aliphatic heterocycles. The maximum Gasteiger partial charge on any atom is 0.225 e. The van der Waals surface area contributed by atoms with Crippen LogP contribution < -0.4 is 10.6 Å². The van der Waals surface area contributed by atoms with Crippen LogP contribution in [-0.4, -0.2) is 37.3 Å². The second-order valence-corrected chi connectivity index (χ2v) is 2.37. The monoisotopic (exact) mass is 144 g/mol. The zero-order valence-electron chi connectivity index (χ0n) is 5.76. The summed E-state index contributed by atoms with van der Waals surface area (Å²) in [6, 6.07) is 0. The molecular weight excluding hydrogens is 132 g/mol. The molecule has 0 aromatic rings. The maximum atomic E-state index is 10.9. The van der Waals surface area contributed by atoms with Crippen LogP contribution in [0, 0.1) is 5.92 Å². The molecule has 1 rings (SSSR count). The molecule has 4 heteroatoms. The Morgan fingerprint density at radius 2 is 2.40 bits per heavy atom. The van der Waals surface area contributed by atoms with Crippen LogP contribution in [0.15, 0.2) is 0 Å². The lowest BCUT2D eigenvalue weighted by molar-refractivity contribution is -0.126. The molecule has 0 saturated carbocycles. The Morgan fingerprint density at radius 3 is 2.80 bits per heavy atom. The van der Waals surface area contributed by atoms with Gasteiger partial charge in [0.2, 0.25) is 5.91 Å². The van der Waals surface area contributed by atoms with Gasteiger partial charge >= 0.3 is 0 Å². The topological polar surface area (TPSA) is 61.4 Å². The number of nitrogens with one attached hydrogen (secondary N) is 2. The molecular formula is C6H12N2O2. The van der Waals surface area contributed by atoms with Crippen LogP contribution in [0.3, 0.4) is 0 Å². The average molecular weight is 144 g/mol. The number of aliphatic hydroxyl groups excluding tert-OH is 1. The van der Waals surface area contributed by atoms with Gasteiger partial charge in [0.25, 0.3) is 0 Å². The molecule has 1 fully saturated rings. The lowest BCUT2D eigenvalue weighted by atomic mass is 10.0. The van der Waals surface area contributed by atoms with Gasteiger partial charge in [-0.15, -0.1) is 0 Å². The third-order valence-electron chi connectivity index (χ3n) is 1.56. The van der Waals surface area contributed by atoms with Gasteiger partial charge in [-0.05, 0) is 0 Å². The van der Waals surface area contributed by atoms with Crippen molar-refractivity contribution in [2.24, 2.45) is 5.92 Å². The van der Waals surface area contributed by atoms with E-state index in [4.69, 9.17) is 5.11 Å². The Kier molecular flexibility index (Phi) is 2.65. The van der Waals surface area contributed by atoms with Crippen LogP contribution in [0.4, 0.5) is 0 Å². The molecule has 0 aliphatic carbocycles. The van der Waals surface area contributed by atoms with E-state index in [9.17, 15) is 4.79 Å². The van der Waals surface area contributed by atoms with Gasteiger partial charge in [0.05, 0.1) is 12.5 Å². The SMILES string of the molecule is O=C(NCCO)C1CNC1. The molecule has 58 valence electrons. The fraction of sp³-hybridized carbons (Fsp3) is 0.833. The summed E-state index contributed by atoms with van der Waals surface area (Å²) in [6.07, 6.45) is 0. The van der Waals surface area contributed by atoms with E-state index in [0.29, 0.717) is 6.54 Å². The zero-order valence-corrected chi connectivity index (χ0v) is 5.76. The van der Waals surface area contributed by atoms with Crippen LogP contribution >= 0.6 is 0 Å². The van der Waals surface area contributed by atoms with Crippen molar-refractivity contribution >= 4 is 5.91 Å². The summed E-state index contributed by atoms with van der Waals surface area (Å²) in [5.41, 5.74) is 0. The molecule has 1 aliphatic rings. The second kappa shape index (κ2) is 3.53. The first-order valence-electron chi connectivity index (χ1n) is 3.44. The van der Waals surface area contributed by atoms with E-state index in [1.807, 2.05) is 0 Å². The highest BCUT2D eigenvalue weighted by Gasteiger charge is 2.23. The van der Waals surface area contributed by atoms with Crippen LogP contribution in [0.2, 0.25) is 0 Å². The van der Waals surface area contributed by atoms with Crippen molar-refractivity contribution < 1.29 is 9.90 Å². The summed E-state index contributed by atoms with van der Waals surface area (Å²) in [5.74, 6) is 0.180. The minimum absolute atomic E-state index is 0.0197. The van der Waals surface area contributed by atoms with Crippen LogP contribution in [0.1, 0.15) is 0 Å². The first-order valence-corrected chi connectivity index (χ1v) is 3.44. The van der Waals surface area contributed by atoms with Crippen LogP contribution in [-0.2, 0) is 4.79 Å². The van der Waals surface area contributed by atoms with Crippen molar-refractivity contribution in [2.75, 3.05) is 26.2 Å². The highest BCUT2D eigenvalue weighted by Crippen LogP contribution is 2.00. The Morgan fingerprint density at radius 1 is 1.70 bits per heavy atom. The lowest BCUT2D eigenvalue weighted by Gasteiger charge is -2.25. The van der Waals surface area contributed by atoms with Gasteiger partial charge in [-0.25, -0.2) is 0 Å². The maximum absolute atomic E-state index is 10.9. The van der Waals surface area contributed by atoms with E-state index in [1.54, 1.807) is 0 Å². The normalized spacial score (nSPS) is 18.1. The first-order chi connectivity index (χ1) is 4.84. The van der Waals surface area contributed by atoms with E-state index in [0.717, 1.165) is 13.1 Å². The van der Waals surface area contributed by atoms with Gasteiger partial charge in [0.15, 0.2) is 0 Å². The van der Waals surface area contributed by atoms with E-state index < -0.39 is 0 Å². The Balaban J connectivity index is 2.08. The van der Waals surface area contributed by atoms with Crippen molar-refractivity contribution in [3.8, 4) is 0 Å². The molecule has 4 nitrogen and oxygen atoms in total. The fourth-order valence-corrected chi connectivity index (χ4v) is 0.798. The summed E-state index contributed by atoms with van der Waals surface area (Å²) < 4.78 is 0. The number of hydrogen-bond donors (Lipinski definition) is 3. The molecule has 3 N–H and O–H groups in total. The van der Waals surface area contributed by atoms with Crippen molar-refractivity contribution in [3.63, 3.8) is 0 Å². The summed E-state index contributed by atoms with van der Waals surface area (Å²) in [7, 11) is 0. The number of carbonyl (C=O) groups excluding carboxylic acids is 1. The predicted octanol–water partition coefficient (Wildman–Crippen LogP) is -1.69. The van der Waals surface area contributed by atoms with Gasteiger partial charge < -0.3 is 15.7 Å². The molecule has 1 heterocycles. The summed E-state index contributed by atoms with van der Waals surface area (Å²) in [5, 5.41) is 14.0. The fourth-order valence-electron chi connectivity index (χ4n) is 0.798. The van der Waals surface area contributed by atoms with E-state index in [-0.39, 0.29) is 18.4 Å². The van der Waals surface area contributed by atoms with E-state index in [1.165, 1.54) is 0 Å². The molecule has 0 spiro atoms. The average Bonchev–Trinajstić information content (AvgIpc) is 1.79. The molecule has 0 bridgehead atoms. The number of amides is 1. The third kappa shape index (κ3) is 1.68. The summed E-state index contributed by atoms with van der Waals surface area (Å²) in [6.45, 7) is 1.94. The minimum atomic E-state index is 0.0197. The largest absolute Gasteiger partial charge is 0.395 e. The molecule has 1 amide bonds. The molecule has 0 aromatic heterocycles. The first kappa shape index (κ1) is 7.50. The smallest absolute Gasteiger partial charge is 0.225 e. The van der Waals surface area contributed by atoms with Crippen LogP contribution in [0.5, 0.6) is 0 Å². The standard InChI is InChI=1S/C6H12N2O2/c9-2-1-8-6(10)5-3-7-4-5/h5,7,9H,1-4H2,(H,8,10). The molecule has 0 radical (unpaired) electrons. The van der Waals surface area contributed by atoms with Gasteiger partial charge in [0.1, 0.15) is 0 Å². The van der Waals surface area contributed by atoms with Gasteiger partial charge in [-0.1, -0.05) is 0 Å². The molecule has 10 heavy (non-hydrogen) atoms. The number of carbonyl (C=O) groups is 1. The molecule has 0 aromatic carbocycles. The number of rotatable bonds is 3. The Hall–Kier alpha value is -0.610. The predicted molar refractivity (Wildman–Crippen MR) is 36.5 cm³/mol. The van der Waals surface area contributed by atoms with E-state index >= 15 is 0 Å². The number of hydrogen-bond acceptors (Lipinski definition) is 3. The molecule has 0 unspecified atom stereocenters. The zero-order chi connectivity index (χ0) is 7.40. The Labute approximate surface area is 59.6 Å². The minimum Gasteiger partial charge on any atom is -0.395 e. The second-order valence-electron chi connectivity index (χ2n) is 2.37. The highest BCUT2D eigenvalue weighted by molar-refractivity contribution is 5.79. The quantitative estimate of drug-likeness (QED) is 0.443. The summed E-state index contributed by atoms with van der Waals surface area (Å²) in [4.78, 5) is 10.9. The molecule has 1 saturated heterocycles. The molecule has 0 atom stereocenters.